The van der Waals surface area contributed by atoms with Crippen molar-refractivity contribution >= 4 is 5.91 Å². The summed E-state index contributed by atoms with van der Waals surface area (Å²) in [6.45, 7) is 2.38. The van der Waals surface area contributed by atoms with Crippen molar-refractivity contribution in [2.75, 3.05) is 27.2 Å². The van der Waals surface area contributed by atoms with Crippen molar-refractivity contribution in [2.24, 2.45) is 0 Å². The third-order valence-electron chi connectivity index (χ3n) is 5.74. The molecule has 1 aliphatic rings. The van der Waals surface area contributed by atoms with Gasteiger partial charge < -0.3 is 9.64 Å². The van der Waals surface area contributed by atoms with Crippen molar-refractivity contribution in [2.45, 2.75) is 19.0 Å². The highest BCUT2D eigenvalue weighted by atomic mass is 16.5. The molecule has 0 N–H and O–H groups in total. The topological polar surface area (TPSA) is 45.7 Å². The van der Waals surface area contributed by atoms with Gasteiger partial charge in [-0.3, -0.25) is 14.7 Å². The first-order valence-corrected chi connectivity index (χ1v) is 10.3. The number of aromatic nitrogens is 1. The summed E-state index contributed by atoms with van der Waals surface area (Å²) in [4.78, 5) is 21.3. The van der Waals surface area contributed by atoms with E-state index in [1.807, 2.05) is 36.2 Å². The van der Waals surface area contributed by atoms with Gasteiger partial charge in [-0.15, -0.1) is 0 Å². The van der Waals surface area contributed by atoms with Crippen LogP contribution in [0.15, 0.2) is 73.1 Å². The Kier molecular flexibility index (Phi) is 6.10. The number of hydrogen-bond donors (Lipinski definition) is 0. The van der Waals surface area contributed by atoms with Crippen LogP contribution in [0.4, 0.5) is 0 Å². The lowest BCUT2D eigenvalue weighted by atomic mass is 9.97. The number of benzene rings is 2. The van der Waals surface area contributed by atoms with E-state index in [1.165, 1.54) is 5.56 Å². The second-order valence-electron chi connectivity index (χ2n) is 7.73. The Hall–Kier alpha value is -3.18. The molecule has 2 aromatic carbocycles. The Morgan fingerprint density at radius 2 is 1.73 bits per heavy atom. The van der Waals surface area contributed by atoms with Crippen LogP contribution in [-0.2, 0) is 17.8 Å². The van der Waals surface area contributed by atoms with Crippen LogP contribution in [0.3, 0.4) is 0 Å². The minimum absolute atomic E-state index is 0.164. The number of carbonyl (C=O) groups is 1. The molecule has 4 rings (SSSR count). The normalized spacial score (nSPS) is 17.2. The van der Waals surface area contributed by atoms with Crippen molar-refractivity contribution in [1.29, 1.82) is 0 Å². The second kappa shape index (κ2) is 9.09. The van der Waals surface area contributed by atoms with Gasteiger partial charge in [0, 0.05) is 39.1 Å². The largest absolute Gasteiger partial charge is 0.497 e. The Balaban J connectivity index is 1.56. The predicted molar refractivity (Wildman–Crippen MR) is 118 cm³/mol. The smallest absolute Gasteiger partial charge is 0.240 e. The average Bonchev–Trinajstić information content (AvgIpc) is 2.80. The zero-order chi connectivity index (χ0) is 20.9. The molecular formula is C25H27N3O2. The Labute approximate surface area is 177 Å². The van der Waals surface area contributed by atoms with Crippen LogP contribution in [0.1, 0.15) is 11.1 Å². The van der Waals surface area contributed by atoms with Crippen LogP contribution in [0.25, 0.3) is 11.1 Å². The first-order chi connectivity index (χ1) is 14.6. The van der Waals surface area contributed by atoms with Gasteiger partial charge in [0.25, 0.3) is 0 Å². The standard InChI is InChI=1S/C25H27N3O2/c1-27-14-15-28(18-19-10-12-26-13-11-19)24(25(27)29)17-20-4-3-5-22(16-20)21-6-8-23(30-2)9-7-21/h3-13,16,24H,14-15,17-18H2,1-2H3. The number of ether oxygens (including phenoxy) is 1. The number of piperazine rings is 1. The molecule has 5 heteroatoms. The Morgan fingerprint density at radius 1 is 0.967 bits per heavy atom. The highest BCUT2D eigenvalue weighted by molar-refractivity contribution is 5.83. The highest BCUT2D eigenvalue weighted by Crippen LogP contribution is 2.25. The first kappa shape index (κ1) is 20.1. The SMILES string of the molecule is COc1ccc(-c2cccc(CC3C(=O)N(C)CCN3Cc3ccncc3)c2)cc1. The molecule has 0 saturated carbocycles. The number of likely N-dealkylation sites (N-methyl/N-ethyl adjacent to an activating group) is 1. The maximum Gasteiger partial charge on any atom is 0.240 e. The average molecular weight is 402 g/mol. The van der Waals surface area contributed by atoms with Gasteiger partial charge in [-0.1, -0.05) is 36.4 Å². The van der Waals surface area contributed by atoms with Gasteiger partial charge in [-0.25, -0.2) is 0 Å². The number of carbonyl (C=O) groups excluding carboxylic acids is 1. The van der Waals surface area contributed by atoms with Gasteiger partial charge in [0.2, 0.25) is 5.91 Å². The molecule has 0 aliphatic carbocycles. The number of amides is 1. The van der Waals surface area contributed by atoms with Crippen LogP contribution in [0, 0.1) is 0 Å². The molecule has 1 fully saturated rings. The summed E-state index contributed by atoms with van der Waals surface area (Å²) in [6, 6.07) is 20.4. The highest BCUT2D eigenvalue weighted by Gasteiger charge is 2.33. The van der Waals surface area contributed by atoms with Crippen LogP contribution in [0.5, 0.6) is 5.75 Å². The molecule has 30 heavy (non-hydrogen) atoms. The second-order valence-corrected chi connectivity index (χ2v) is 7.73. The summed E-state index contributed by atoms with van der Waals surface area (Å²) in [5, 5.41) is 0. The van der Waals surface area contributed by atoms with E-state index in [9.17, 15) is 4.79 Å². The van der Waals surface area contributed by atoms with Gasteiger partial charge >= 0.3 is 0 Å². The molecule has 1 unspecified atom stereocenters. The molecule has 5 nitrogen and oxygen atoms in total. The van der Waals surface area contributed by atoms with Gasteiger partial charge in [-0.05, 0) is 52.9 Å². The zero-order valence-corrected chi connectivity index (χ0v) is 17.5. The first-order valence-electron chi connectivity index (χ1n) is 10.3. The number of methoxy groups -OCH3 is 1. The summed E-state index contributed by atoms with van der Waals surface area (Å²) in [5.74, 6) is 1.03. The van der Waals surface area contributed by atoms with E-state index >= 15 is 0 Å². The van der Waals surface area contributed by atoms with Crippen LogP contribution in [0.2, 0.25) is 0 Å². The third-order valence-corrected chi connectivity index (χ3v) is 5.74. The minimum Gasteiger partial charge on any atom is -0.497 e. The quantitative estimate of drug-likeness (QED) is 0.633. The summed E-state index contributed by atoms with van der Waals surface area (Å²) < 4.78 is 5.26. The van der Waals surface area contributed by atoms with E-state index < -0.39 is 0 Å². The summed E-state index contributed by atoms with van der Waals surface area (Å²) in [7, 11) is 3.57. The summed E-state index contributed by atoms with van der Waals surface area (Å²) in [5.41, 5.74) is 4.63. The molecule has 0 bridgehead atoms. The monoisotopic (exact) mass is 401 g/mol. The summed E-state index contributed by atoms with van der Waals surface area (Å²) >= 11 is 0. The van der Waals surface area contributed by atoms with Crippen LogP contribution >= 0.6 is 0 Å². The molecular weight excluding hydrogens is 374 g/mol. The van der Waals surface area contributed by atoms with Crippen molar-refractivity contribution < 1.29 is 9.53 Å². The molecule has 1 aromatic heterocycles. The number of nitrogens with zero attached hydrogens (tertiary/aromatic N) is 3. The van der Waals surface area contributed by atoms with Crippen molar-refractivity contribution in [1.82, 2.24) is 14.8 Å². The Morgan fingerprint density at radius 3 is 2.47 bits per heavy atom. The van der Waals surface area contributed by atoms with E-state index in [1.54, 1.807) is 19.5 Å². The van der Waals surface area contributed by atoms with Gasteiger partial charge in [-0.2, -0.15) is 0 Å². The molecule has 0 radical (unpaired) electrons. The molecule has 1 amide bonds. The fourth-order valence-electron chi connectivity index (χ4n) is 3.97. The van der Waals surface area contributed by atoms with Gasteiger partial charge in [0.05, 0.1) is 13.2 Å². The lowest BCUT2D eigenvalue weighted by molar-refractivity contribution is -0.140. The molecule has 1 atom stereocenters. The van der Waals surface area contributed by atoms with E-state index in [0.717, 1.165) is 42.1 Å². The van der Waals surface area contributed by atoms with E-state index in [2.05, 4.69) is 46.3 Å². The van der Waals surface area contributed by atoms with Gasteiger partial charge in [0.15, 0.2) is 0 Å². The third kappa shape index (κ3) is 4.52. The molecule has 1 saturated heterocycles. The number of hydrogen-bond acceptors (Lipinski definition) is 4. The zero-order valence-electron chi connectivity index (χ0n) is 17.5. The summed E-state index contributed by atoms with van der Waals surface area (Å²) in [6.07, 6.45) is 4.30. The lowest BCUT2D eigenvalue weighted by Gasteiger charge is -2.39. The van der Waals surface area contributed by atoms with Gasteiger partial charge in [0.1, 0.15) is 5.75 Å². The molecule has 1 aliphatic heterocycles. The predicted octanol–water partition coefficient (Wildman–Crippen LogP) is 3.64. The van der Waals surface area contributed by atoms with Crippen LogP contribution in [-0.4, -0.2) is 54.0 Å². The maximum atomic E-state index is 13.0. The van der Waals surface area contributed by atoms with E-state index in [-0.39, 0.29) is 11.9 Å². The molecule has 0 spiro atoms. The van der Waals surface area contributed by atoms with Crippen molar-refractivity contribution in [3.8, 4) is 16.9 Å². The molecule has 154 valence electrons. The molecule has 2 heterocycles. The Bertz CT molecular complexity index is 989. The maximum absolute atomic E-state index is 13.0. The number of pyridine rings is 1. The van der Waals surface area contributed by atoms with Crippen molar-refractivity contribution in [3.63, 3.8) is 0 Å². The fourth-order valence-corrected chi connectivity index (χ4v) is 3.97. The van der Waals surface area contributed by atoms with E-state index in [4.69, 9.17) is 4.74 Å². The number of rotatable bonds is 6. The van der Waals surface area contributed by atoms with E-state index in [0.29, 0.717) is 6.42 Å². The fraction of sp³-hybridized carbons (Fsp3) is 0.280. The minimum atomic E-state index is -0.164. The molecule has 3 aromatic rings. The lowest BCUT2D eigenvalue weighted by Crippen LogP contribution is -2.56. The van der Waals surface area contributed by atoms with Crippen LogP contribution < -0.4 is 4.74 Å². The van der Waals surface area contributed by atoms with Crippen molar-refractivity contribution in [3.05, 3.63) is 84.2 Å².